The molecule has 2 rings (SSSR count). The topological polar surface area (TPSA) is 271 Å². The Balaban J connectivity index is 2.43. The van der Waals surface area contributed by atoms with Gasteiger partial charge in [0.1, 0.15) is 30.2 Å². The number of amides is 5. The molecule has 1 aromatic carbocycles. The number of unbranched alkanes of at least 4 members (excludes halogenated alkanes) is 1. The van der Waals surface area contributed by atoms with E-state index in [2.05, 4.69) is 56.8 Å². The predicted molar refractivity (Wildman–Crippen MR) is 199 cm³/mol. The molecule has 1 heterocycles. The van der Waals surface area contributed by atoms with Crippen molar-refractivity contribution < 1.29 is 39.0 Å². The van der Waals surface area contributed by atoms with Gasteiger partial charge in [-0.2, -0.15) is 25.3 Å². The van der Waals surface area contributed by atoms with E-state index in [1.807, 2.05) is 38.1 Å². The zero-order chi connectivity index (χ0) is 38.2. The molecule has 0 aliphatic heterocycles. The highest BCUT2D eigenvalue weighted by Crippen LogP contribution is 2.20. The number of rotatable bonds is 22. The minimum atomic E-state index is -1.57. The molecule has 0 saturated heterocycles. The molecule has 0 unspecified atom stereocenters. The third-order valence-electron chi connectivity index (χ3n) is 8.05. The zero-order valence-corrected chi connectivity index (χ0v) is 30.8. The van der Waals surface area contributed by atoms with Gasteiger partial charge in [-0.15, -0.1) is 0 Å². The van der Waals surface area contributed by atoms with Crippen LogP contribution in [0.1, 0.15) is 52.0 Å². The smallest absolute Gasteiger partial charge is 0.327 e. The molecule has 5 amide bonds. The summed E-state index contributed by atoms with van der Waals surface area (Å²) in [5.74, 6) is -5.33. The first-order valence-electron chi connectivity index (χ1n) is 16.8. The molecule has 2 aromatic rings. The quantitative estimate of drug-likeness (QED) is 0.0513. The first-order chi connectivity index (χ1) is 24.1. The fraction of sp³-hybridized carbons (Fsp3) is 0.576. The van der Waals surface area contributed by atoms with Gasteiger partial charge >= 0.3 is 5.97 Å². The average Bonchev–Trinajstić information content (AvgIpc) is 3.49. The summed E-state index contributed by atoms with van der Waals surface area (Å²) in [5, 5.41) is 33.2. The van der Waals surface area contributed by atoms with E-state index in [9.17, 15) is 39.0 Å². The van der Waals surface area contributed by atoms with E-state index in [4.69, 9.17) is 11.5 Å². The number of benzene rings is 1. The van der Waals surface area contributed by atoms with E-state index in [0.29, 0.717) is 24.9 Å². The molecular weight excluding hydrogens is 701 g/mol. The highest BCUT2D eigenvalue weighted by atomic mass is 32.1. The number of hydrogen-bond acceptors (Lipinski definition) is 11. The van der Waals surface area contributed by atoms with E-state index in [1.165, 1.54) is 6.92 Å². The van der Waals surface area contributed by atoms with Gasteiger partial charge in [0.25, 0.3) is 0 Å². The number of carbonyl (C=O) groups is 6. The van der Waals surface area contributed by atoms with Crippen molar-refractivity contribution >= 4 is 71.7 Å². The molecule has 0 fully saturated rings. The largest absolute Gasteiger partial charge is 0.480 e. The number of aliphatic hydroxyl groups is 1. The lowest BCUT2D eigenvalue weighted by atomic mass is 10.00. The van der Waals surface area contributed by atoms with Gasteiger partial charge < -0.3 is 53.2 Å². The summed E-state index contributed by atoms with van der Waals surface area (Å²) in [6.45, 7) is 5.28. The number of H-pyrrole nitrogens is 1. The fourth-order valence-electron chi connectivity index (χ4n) is 5.21. The van der Waals surface area contributed by atoms with Gasteiger partial charge in [-0.3, -0.25) is 24.0 Å². The van der Waals surface area contributed by atoms with Gasteiger partial charge in [0.2, 0.25) is 29.5 Å². The summed E-state index contributed by atoms with van der Waals surface area (Å²) in [6, 6.07) is -0.0722. The number of aliphatic hydroxyl groups excluding tert-OH is 1. The standard InChI is InChI=1S/C33H52N8O8S2/c1-17(2)12-24(38-28(43)21(35)15-50)30(45)39-25(13-19-14-36-22-9-5-4-8-20(19)22)31(46)37-23(10-6-7-11-34)29(44)41-27(18(3)42)32(47)40-26(16-51)33(48)49/h4-5,8-9,14,17-18,21,23-27,36,42,50-51H,6-7,10-13,15-16,34-35H2,1-3H3,(H,37,46)(H,38,43)(H,39,45)(H,40,47)(H,41,44)(H,48,49)/t18-,21-,23+,24+,25-,26+,27+/m1/s1. The summed E-state index contributed by atoms with van der Waals surface area (Å²) >= 11 is 7.99. The number of aliphatic carboxylic acids is 1. The fourth-order valence-corrected chi connectivity index (χ4v) is 5.62. The summed E-state index contributed by atoms with van der Waals surface area (Å²) in [5.41, 5.74) is 13.0. The molecule has 0 saturated carbocycles. The summed E-state index contributed by atoms with van der Waals surface area (Å²) in [4.78, 5) is 81.6. The minimum absolute atomic E-state index is 0.00374. The number of nitrogens with one attached hydrogen (secondary N) is 6. The van der Waals surface area contributed by atoms with Crippen molar-refractivity contribution in [1.82, 2.24) is 31.6 Å². The van der Waals surface area contributed by atoms with Crippen LogP contribution in [0.4, 0.5) is 0 Å². The normalized spacial score (nSPS) is 15.5. The van der Waals surface area contributed by atoms with Crippen LogP contribution in [0.5, 0.6) is 0 Å². The van der Waals surface area contributed by atoms with Gasteiger partial charge in [-0.25, -0.2) is 4.79 Å². The molecular formula is C33H52N8O8S2. The molecule has 18 heteroatoms. The van der Waals surface area contributed by atoms with Crippen LogP contribution >= 0.6 is 25.3 Å². The number of carbonyl (C=O) groups excluding carboxylic acids is 5. The molecule has 7 atom stereocenters. The third kappa shape index (κ3) is 13.7. The van der Waals surface area contributed by atoms with E-state index in [-0.39, 0.29) is 36.7 Å². The number of carboxylic acids is 1. The van der Waals surface area contributed by atoms with E-state index >= 15 is 0 Å². The summed E-state index contributed by atoms with van der Waals surface area (Å²) in [7, 11) is 0. The SMILES string of the molecule is CC(C)C[C@H](NC(=O)[C@H](N)CS)C(=O)N[C@H](Cc1c[nH]c2ccccc12)C(=O)N[C@@H](CCCCN)C(=O)N[C@H](C(=O)N[C@@H](CS)C(=O)O)[C@@H](C)O. The van der Waals surface area contributed by atoms with Crippen molar-refractivity contribution in [2.75, 3.05) is 18.1 Å². The number of nitrogens with two attached hydrogens (primary N) is 2. The number of hydrogen-bond donors (Lipinski definition) is 12. The average molecular weight is 753 g/mol. The van der Waals surface area contributed by atoms with Crippen LogP contribution in [0.15, 0.2) is 30.5 Å². The monoisotopic (exact) mass is 752 g/mol. The number of carboxylic acid groups (broad SMARTS) is 1. The minimum Gasteiger partial charge on any atom is -0.480 e. The number of aromatic nitrogens is 1. The van der Waals surface area contributed by atoms with Crippen LogP contribution in [-0.2, 0) is 35.2 Å². The first kappa shape index (κ1) is 43.3. The highest BCUT2D eigenvalue weighted by molar-refractivity contribution is 7.80. The Bertz CT molecular complexity index is 1490. The van der Waals surface area contributed by atoms with Crippen LogP contribution in [0.25, 0.3) is 10.9 Å². The van der Waals surface area contributed by atoms with E-state index in [0.717, 1.165) is 10.9 Å². The summed E-state index contributed by atoms with van der Waals surface area (Å²) < 4.78 is 0. The maximum atomic E-state index is 14.1. The Kier molecular flexibility index (Phi) is 18.3. The molecule has 12 N–H and O–H groups in total. The lowest BCUT2D eigenvalue weighted by molar-refractivity contribution is -0.142. The number of thiol groups is 2. The first-order valence-corrected chi connectivity index (χ1v) is 18.0. The van der Waals surface area contributed by atoms with Crippen molar-refractivity contribution in [3.8, 4) is 0 Å². The van der Waals surface area contributed by atoms with Crippen molar-refractivity contribution in [3.63, 3.8) is 0 Å². The highest BCUT2D eigenvalue weighted by Gasteiger charge is 2.34. The van der Waals surface area contributed by atoms with Crippen LogP contribution in [0.3, 0.4) is 0 Å². The van der Waals surface area contributed by atoms with Crippen molar-refractivity contribution in [2.45, 2.75) is 95.2 Å². The second-order valence-corrected chi connectivity index (χ2v) is 13.5. The van der Waals surface area contributed by atoms with Gasteiger partial charge in [0.05, 0.1) is 12.1 Å². The van der Waals surface area contributed by atoms with Crippen LogP contribution in [-0.4, -0.2) is 111 Å². The second kappa shape index (κ2) is 21.5. The molecule has 51 heavy (non-hydrogen) atoms. The van der Waals surface area contributed by atoms with Gasteiger partial charge in [-0.1, -0.05) is 32.0 Å². The molecule has 16 nitrogen and oxygen atoms in total. The van der Waals surface area contributed by atoms with E-state index in [1.54, 1.807) is 6.20 Å². The molecule has 0 spiro atoms. The van der Waals surface area contributed by atoms with Gasteiger partial charge in [0, 0.05) is 35.0 Å². The Hall–Kier alpha value is -3.84. The second-order valence-electron chi connectivity index (χ2n) is 12.8. The number of aromatic amines is 1. The Morgan fingerprint density at radius 1 is 0.784 bits per heavy atom. The lowest BCUT2D eigenvalue weighted by Gasteiger charge is -2.28. The van der Waals surface area contributed by atoms with Gasteiger partial charge in [-0.05, 0) is 56.7 Å². The Morgan fingerprint density at radius 3 is 1.96 bits per heavy atom. The molecule has 284 valence electrons. The third-order valence-corrected chi connectivity index (χ3v) is 8.80. The maximum Gasteiger partial charge on any atom is 0.327 e. The van der Waals surface area contributed by atoms with Crippen molar-refractivity contribution in [3.05, 3.63) is 36.0 Å². The molecule has 0 aliphatic carbocycles. The van der Waals surface area contributed by atoms with Crippen molar-refractivity contribution in [1.29, 1.82) is 0 Å². The molecule has 0 aliphatic rings. The Labute approximate surface area is 308 Å². The summed E-state index contributed by atoms with van der Waals surface area (Å²) in [6.07, 6.45) is 1.48. The lowest BCUT2D eigenvalue weighted by Crippen LogP contribution is -2.61. The van der Waals surface area contributed by atoms with Crippen LogP contribution < -0.4 is 38.1 Å². The van der Waals surface area contributed by atoms with Crippen LogP contribution in [0.2, 0.25) is 0 Å². The Morgan fingerprint density at radius 2 is 1.37 bits per heavy atom. The van der Waals surface area contributed by atoms with Gasteiger partial charge in [0.15, 0.2) is 0 Å². The van der Waals surface area contributed by atoms with Crippen LogP contribution in [0, 0.1) is 5.92 Å². The van der Waals surface area contributed by atoms with E-state index < -0.39 is 77.9 Å². The number of fused-ring (bicyclic) bond motifs is 1. The number of para-hydroxylation sites is 1. The van der Waals surface area contributed by atoms with Crippen molar-refractivity contribution in [2.24, 2.45) is 17.4 Å². The maximum absolute atomic E-state index is 14.1. The predicted octanol–water partition coefficient (Wildman–Crippen LogP) is -1.04. The molecule has 0 radical (unpaired) electrons. The molecule has 1 aromatic heterocycles. The molecule has 0 bridgehead atoms. The zero-order valence-electron chi connectivity index (χ0n) is 29.1.